The first-order valence-electron chi connectivity index (χ1n) is 11.8. The molecule has 1 N–H and O–H groups in total. The fraction of sp³-hybridized carbons (Fsp3) is 0.250. The topological polar surface area (TPSA) is 71.0 Å². The fourth-order valence-electron chi connectivity index (χ4n) is 4.69. The van der Waals surface area contributed by atoms with Crippen LogP contribution >= 0.6 is 11.8 Å². The van der Waals surface area contributed by atoms with Gasteiger partial charge in [-0.15, -0.1) is 0 Å². The molecule has 1 atom stereocenters. The number of hydrogen-bond acceptors (Lipinski definition) is 6. The van der Waals surface area contributed by atoms with Crippen molar-refractivity contribution in [1.29, 1.82) is 0 Å². The van der Waals surface area contributed by atoms with Gasteiger partial charge < -0.3 is 15.0 Å². The molecule has 1 amide bonds. The van der Waals surface area contributed by atoms with E-state index in [2.05, 4.69) is 10.2 Å². The summed E-state index contributed by atoms with van der Waals surface area (Å²) in [4.78, 5) is 33.1. The Labute approximate surface area is 209 Å². The number of carbonyl (C=O) groups is 2. The molecule has 2 aliphatic rings. The lowest BCUT2D eigenvalue weighted by atomic mass is 9.94. The van der Waals surface area contributed by atoms with Gasteiger partial charge in [0.1, 0.15) is 0 Å². The Kier molecular flexibility index (Phi) is 6.59. The monoisotopic (exact) mass is 485 g/mol. The highest BCUT2D eigenvalue weighted by Gasteiger charge is 2.38. The van der Waals surface area contributed by atoms with Crippen molar-refractivity contribution in [2.75, 3.05) is 24.2 Å². The van der Waals surface area contributed by atoms with Gasteiger partial charge in [0.25, 0.3) is 5.91 Å². The molecule has 3 aromatic carbocycles. The minimum Gasteiger partial charge on any atom is -0.463 e. The summed E-state index contributed by atoms with van der Waals surface area (Å²) in [5, 5.41) is 5.91. The van der Waals surface area contributed by atoms with Crippen LogP contribution in [0.2, 0.25) is 0 Å². The molecular formula is C28H27N3O3S. The van der Waals surface area contributed by atoms with E-state index in [0.29, 0.717) is 29.1 Å². The van der Waals surface area contributed by atoms with Crippen LogP contribution in [-0.2, 0) is 9.53 Å². The van der Waals surface area contributed by atoms with E-state index in [0.717, 1.165) is 40.2 Å². The normalized spacial score (nSPS) is 17.6. The molecule has 0 aliphatic carbocycles. The molecule has 3 aromatic rings. The number of ether oxygens (including phenoxy) is 1. The number of nitrogens with one attached hydrogen (secondary N) is 1. The summed E-state index contributed by atoms with van der Waals surface area (Å²) in [6.07, 6.45) is 1.01. The van der Waals surface area contributed by atoms with Crippen LogP contribution in [0, 0.1) is 0 Å². The lowest BCUT2D eigenvalue weighted by Gasteiger charge is -2.40. The first-order chi connectivity index (χ1) is 17.1. The van der Waals surface area contributed by atoms with Crippen molar-refractivity contribution in [1.82, 2.24) is 4.90 Å². The van der Waals surface area contributed by atoms with Crippen LogP contribution in [0.15, 0.2) is 83.0 Å². The number of benzene rings is 3. The molecule has 0 bridgehead atoms. The summed E-state index contributed by atoms with van der Waals surface area (Å²) >= 11 is 1.71. The third-order valence-corrected chi connectivity index (χ3v) is 7.33. The van der Waals surface area contributed by atoms with Gasteiger partial charge in [-0.1, -0.05) is 60.3 Å². The predicted octanol–water partition coefficient (Wildman–Crippen LogP) is 5.78. The second-order valence-corrected chi connectivity index (χ2v) is 9.58. The van der Waals surface area contributed by atoms with E-state index in [1.807, 2.05) is 73.7 Å². The quantitative estimate of drug-likeness (QED) is 0.464. The van der Waals surface area contributed by atoms with E-state index in [1.54, 1.807) is 18.7 Å². The van der Waals surface area contributed by atoms with Gasteiger partial charge >= 0.3 is 5.97 Å². The second kappa shape index (κ2) is 9.96. The molecule has 35 heavy (non-hydrogen) atoms. The Bertz CT molecular complexity index is 1360. The molecule has 0 unspecified atom stereocenters. The maximum atomic E-state index is 13.2. The van der Waals surface area contributed by atoms with Gasteiger partial charge in [0.05, 0.1) is 23.9 Å². The summed E-state index contributed by atoms with van der Waals surface area (Å²) in [5.74, 6) is 0.486. The molecule has 2 heterocycles. The van der Waals surface area contributed by atoms with Crippen molar-refractivity contribution in [3.05, 3.63) is 89.1 Å². The SMILES string of the molecule is CCOC(=O)C1=C(C)N=C2SCCCN2[C@H]1c1cccc(NC(=O)c2cccc3ccccc23)c1. The number of hydrogen-bond donors (Lipinski definition) is 1. The van der Waals surface area contributed by atoms with Crippen LogP contribution in [0.1, 0.15) is 42.2 Å². The lowest BCUT2D eigenvalue weighted by molar-refractivity contribution is -0.139. The first kappa shape index (κ1) is 23.2. The Morgan fingerprint density at radius 3 is 2.77 bits per heavy atom. The first-order valence-corrected chi connectivity index (χ1v) is 12.8. The number of aliphatic imine (C=N–C) groups is 1. The smallest absolute Gasteiger partial charge is 0.338 e. The van der Waals surface area contributed by atoms with E-state index in [9.17, 15) is 9.59 Å². The van der Waals surface area contributed by atoms with E-state index in [-0.39, 0.29) is 17.9 Å². The average Bonchev–Trinajstić information content (AvgIpc) is 2.87. The average molecular weight is 486 g/mol. The van der Waals surface area contributed by atoms with Crippen molar-refractivity contribution in [2.24, 2.45) is 4.99 Å². The fourth-order valence-corrected chi connectivity index (χ4v) is 5.71. The summed E-state index contributed by atoms with van der Waals surface area (Å²) in [7, 11) is 0. The van der Waals surface area contributed by atoms with Gasteiger partial charge in [-0.25, -0.2) is 9.79 Å². The molecule has 178 valence electrons. The zero-order chi connectivity index (χ0) is 24.4. The minimum absolute atomic E-state index is 0.171. The molecule has 1 saturated heterocycles. The zero-order valence-electron chi connectivity index (χ0n) is 19.8. The van der Waals surface area contributed by atoms with Crippen molar-refractivity contribution in [3.63, 3.8) is 0 Å². The standard InChI is InChI=1S/C28H27N3O3S/c1-3-34-27(33)24-18(2)29-28-31(15-8-16-35-28)25(24)20-11-6-12-21(17-20)30-26(32)23-14-7-10-19-9-4-5-13-22(19)23/h4-7,9-14,17,25H,3,8,15-16H2,1-2H3,(H,30,32)/t25-/m0/s1. The largest absolute Gasteiger partial charge is 0.463 e. The van der Waals surface area contributed by atoms with Crippen LogP contribution < -0.4 is 5.32 Å². The highest BCUT2D eigenvalue weighted by atomic mass is 32.2. The Morgan fingerprint density at radius 2 is 1.91 bits per heavy atom. The Balaban J connectivity index is 1.49. The van der Waals surface area contributed by atoms with Gasteiger partial charge in [-0.2, -0.15) is 0 Å². The number of carbonyl (C=O) groups excluding carboxylic acids is 2. The van der Waals surface area contributed by atoms with Crippen LogP contribution in [0.5, 0.6) is 0 Å². The summed E-state index contributed by atoms with van der Waals surface area (Å²) < 4.78 is 5.41. The molecule has 0 spiro atoms. The number of esters is 1. The molecule has 0 radical (unpaired) electrons. The maximum Gasteiger partial charge on any atom is 0.338 e. The molecule has 1 fully saturated rings. The van der Waals surface area contributed by atoms with Crippen molar-refractivity contribution < 1.29 is 14.3 Å². The Morgan fingerprint density at radius 1 is 1.11 bits per heavy atom. The van der Waals surface area contributed by atoms with Crippen LogP contribution in [0.4, 0.5) is 5.69 Å². The Hall–Kier alpha value is -3.58. The van der Waals surface area contributed by atoms with Crippen molar-refractivity contribution in [2.45, 2.75) is 26.3 Å². The predicted molar refractivity (Wildman–Crippen MR) is 142 cm³/mol. The number of amides is 1. The second-order valence-electron chi connectivity index (χ2n) is 8.52. The summed E-state index contributed by atoms with van der Waals surface area (Å²) in [5.41, 5.74) is 3.44. The zero-order valence-corrected chi connectivity index (χ0v) is 20.6. The number of anilines is 1. The maximum absolute atomic E-state index is 13.2. The van der Waals surface area contributed by atoms with E-state index < -0.39 is 0 Å². The number of allylic oxidation sites excluding steroid dienone is 1. The molecule has 0 aromatic heterocycles. The van der Waals surface area contributed by atoms with Crippen molar-refractivity contribution in [3.8, 4) is 0 Å². The number of nitrogens with zero attached hydrogens (tertiary/aromatic N) is 2. The molecule has 0 saturated carbocycles. The van der Waals surface area contributed by atoms with Gasteiger partial charge in [-0.05, 0) is 54.8 Å². The lowest BCUT2D eigenvalue weighted by Crippen LogP contribution is -2.42. The molecule has 7 heteroatoms. The van der Waals surface area contributed by atoms with E-state index in [4.69, 9.17) is 9.73 Å². The van der Waals surface area contributed by atoms with Gasteiger partial charge in [0.2, 0.25) is 0 Å². The van der Waals surface area contributed by atoms with Gasteiger partial charge in [-0.3, -0.25) is 4.79 Å². The van der Waals surface area contributed by atoms with Crippen molar-refractivity contribution >= 4 is 45.3 Å². The van der Waals surface area contributed by atoms with Gasteiger partial charge in [0, 0.05) is 23.5 Å². The van der Waals surface area contributed by atoms with E-state index in [1.165, 1.54) is 0 Å². The summed E-state index contributed by atoms with van der Waals surface area (Å²) in [6.45, 7) is 4.78. The molecule has 2 aliphatic heterocycles. The molecular weight excluding hydrogens is 458 g/mol. The molecule has 5 rings (SSSR count). The van der Waals surface area contributed by atoms with Crippen LogP contribution in [-0.4, -0.2) is 40.8 Å². The molecule has 6 nitrogen and oxygen atoms in total. The number of rotatable bonds is 5. The minimum atomic E-state index is -0.349. The third-order valence-electron chi connectivity index (χ3n) is 6.25. The highest BCUT2D eigenvalue weighted by molar-refractivity contribution is 8.13. The third kappa shape index (κ3) is 4.56. The number of thioether (sulfide) groups is 1. The van der Waals surface area contributed by atoms with Crippen LogP contribution in [0.3, 0.4) is 0 Å². The van der Waals surface area contributed by atoms with Gasteiger partial charge in [0.15, 0.2) is 5.17 Å². The van der Waals surface area contributed by atoms with Crippen LogP contribution in [0.25, 0.3) is 10.8 Å². The highest BCUT2D eigenvalue weighted by Crippen LogP contribution is 2.40. The summed E-state index contributed by atoms with van der Waals surface area (Å²) in [6, 6.07) is 21.0. The van der Waals surface area contributed by atoms with E-state index >= 15 is 0 Å². The number of fused-ring (bicyclic) bond motifs is 2. The number of amidine groups is 1.